The van der Waals surface area contributed by atoms with Gasteiger partial charge in [-0.2, -0.15) is 5.10 Å². The minimum Gasteiger partial charge on any atom is -0.337 e. The van der Waals surface area contributed by atoms with Gasteiger partial charge in [-0.1, -0.05) is 17.7 Å². The lowest BCUT2D eigenvalue weighted by atomic mass is 10.0. The molecule has 1 aromatic heterocycles. The number of anilines is 1. The van der Waals surface area contributed by atoms with Gasteiger partial charge in [0.05, 0.1) is 6.54 Å². The highest BCUT2D eigenvalue weighted by Crippen LogP contribution is 2.25. The molecule has 0 radical (unpaired) electrons. The predicted molar refractivity (Wildman–Crippen MR) is 112 cm³/mol. The fourth-order valence-corrected chi connectivity index (χ4v) is 4.33. The van der Waals surface area contributed by atoms with Crippen LogP contribution in [0.5, 0.6) is 0 Å². The van der Waals surface area contributed by atoms with E-state index in [1.165, 1.54) is 12.0 Å². The molecule has 1 fully saturated rings. The van der Waals surface area contributed by atoms with Crippen LogP contribution in [0.4, 0.5) is 10.5 Å². The first-order valence-electron chi connectivity index (χ1n) is 10.4. The number of carbonyl (C=O) groups is 2. The predicted octanol–water partition coefficient (Wildman–Crippen LogP) is 3.25. The van der Waals surface area contributed by atoms with Crippen molar-refractivity contribution in [2.45, 2.75) is 46.1 Å². The number of nitrogens with zero attached hydrogens (tertiary/aromatic N) is 4. The third kappa shape index (κ3) is 3.86. The summed E-state index contributed by atoms with van der Waals surface area (Å²) in [5.41, 5.74) is 5.49. The Morgan fingerprint density at radius 2 is 1.79 bits per heavy atom. The number of aromatic nitrogens is 2. The van der Waals surface area contributed by atoms with Crippen molar-refractivity contribution in [2.75, 3.05) is 25.0 Å². The quantitative estimate of drug-likeness (QED) is 0.849. The third-order valence-electron chi connectivity index (χ3n) is 6.00. The number of rotatable bonds is 2. The van der Waals surface area contributed by atoms with Gasteiger partial charge in [-0.15, -0.1) is 0 Å². The van der Waals surface area contributed by atoms with Crippen LogP contribution < -0.4 is 5.32 Å². The zero-order valence-corrected chi connectivity index (χ0v) is 17.5. The summed E-state index contributed by atoms with van der Waals surface area (Å²) in [4.78, 5) is 29.6. The van der Waals surface area contributed by atoms with Gasteiger partial charge in [-0.05, 0) is 44.7 Å². The summed E-state index contributed by atoms with van der Waals surface area (Å²) in [6, 6.07) is 5.85. The monoisotopic (exact) mass is 395 g/mol. The highest BCUT2D eigenvalue weighted by molar-refractivity contribution is 5.95. The molecule has 2 aliphatic rings. The second kappa shape index (κ2) is 7.89. The van der Waals surface area contributed by atoms with Crippen LogP contribution in [0.15, 0.2) is 18.2 Å². The maximum atomic E-state index is 13.1. The van der Waals surface area contributed by atoms with Crippen LogP contribution in [0.2, 0.25) is 0 Å². The number of nitrogens with one attached hydrogen (secondary N) is 1. The maximum absolute atomic E-state index is 13.1. The van der Waals surface area contributed by atoms with Gasteiger partial charge in [0.15, 0.2) is 5.69 Å². The smallest absolute Gasteiger partial charge is 0.322 e. The zero-order chi connectivity index (χ0) is 20.5. The zero-order valence-electron chi connectivity index (χ0n) is 17.5. The Kier molecular flexibility index (Phi) is 5.30. The molecular formula is C22H29N5O2. The first-order chi connectivity index (χ1) is 13.9. The number of aryl methyl sites for hydroxylation is 3. The molecule has 4 rings (SSSR count). The van der Waals surface area contributed by atoms with Crippen LogP contribution in [0, 0.1) is 13.8 Å². The minimum atomic E-state index is -0.136. The molecule has 0 spiro atoms. The standard InChI is InChI=1S/C22H29N5O2/c1-15-7-8-18(16(2)13-15)23-22(29)27-12-9-19-17(14-27)20(24-25(19)3)21(28)26-10-5-4-6-11-26/h7-8,13H,4-6,9-12,14H2,1-3H3,(H,23,29). The molecule has 154 valence electrons. The molecule has 1 saturated heterocycles. The molecule has 3 amide bonds. The minimum absolute atomic E-state index is 0.00168. The highest BCUT2D eigenvalue weighted by atomic mass is 16.2. The van der Waals surface area contributed by atoms with E-state index >= 15 is 0 Å². The molecule has 1 N–H and O–H groups in total. The number of benzene rings is 1. The van der Waals surface area contributed by atoms with Crippen LogP contribution in [-0.2, 0) is 20.0 Å². The van der Waals surface area contributed by atoms with Gasteiger partial charge in [0, 0.05) is 50.0 Å². The summed E-state index contributed by atoms with van der Waals surface area (Å²) in [7, 11) is 1.89. The van der Waals surface area contributed by atoms with Gasteiger partial charge >= 0.3 is 6.03 Å². The Labute approximate surface area is 171 Å². The number of likely N-dealkylation sites (tertiary alicyclic amines) is 1. The molecule has 0 atom stereocenters. The molecule has 2 aliphatic heterocycles. The van der Waals surface area contributed by atoms with Gasteiger partial charge in [-0.25, -0.2) is 4.79 Å². The lowest BCUT2D eigenvalue weighted by Crippen LogP contribution is -2.40. The Morgan fingerprint density at radius 3 is 2.52 bits per heavy atom. The van der Waals surface area contributed by atoms with E-state index in [9.17, 15) is 9.59 Å². The van der Waals surface area contributed by atoms with Crippen LogP contribution >= 0.6 is 0 Å². The van der Waals surface area contributed by atoms with E-state index in [-0.39, 0.29) is 11.9 Å². The number of hydrogen-bond acceptors (Lipinski definition) is 3. The molecule has 29 heavy (non-hydrogen) atoms. The van der Waals surface area contributed by atoms with Crippen LogP contribution in [0.25, 0.3) is 0 Å². The molecule has 0 bridgehead atoms. The van der Waals surface area contributed by atoms with Gasteiger partial charge < -0.3 is 15.1 Å². The SMILES string of the molecule is Cc1ccc(NC(=O)N2CCc3c(c(C(=O)N4CCCCC4)nn3C)C2)c(C)c1. The van der Waals surface area contributed by atoms with Crippen molar-refractivity contribution >= 4 is 17.6 Å². The Balaban J connectivity index is 1.52. The van der Waals surface area contributed by atoms with Crippen molar-refractivity contribution < 1.29 is 9.59 Å². The molecule has 2 aromatic rings. The number of hydrogen-bond donors (Lipinski definition) is 1. The first kappa shape index (κ1) is 19.5. The Morgan fingerprint density at radius 1 is 1.03 bits per heavy atom. The van der Waals surface area contributed by atoms with E-state index in [0.29, 0.717) is 25.2 Å². The van der Waals surface area contributed by atoms with Gasteiger partial charge in [0.25, 0.3) is 5.91 Å². The Hall–Kier alpha value is -2.83. The lowest BCUT2D eigenvalue weighted by molar-refractivity contribution is 0.0715. The number of carbonyl (C=O) groups excluding carboxylic acids is 2. The van der Waals surface area contributed by atoms with Crippen LogP contribution in [-0.4, -0.2) is 51.2 Å². The molecular weight excluding hydrogens is 366 g/mol. The van der Waals surface area contributed by atoms with Crippen LogP contribution in [0.3, 0.4) is 0 Å². The summed E-state index contributed by atoms with van der Waals surface area (Å²) in [5.74, 6) is -0.00168. The molecule has 3 heterocycles. The number of amides is 3. The highest BCUT2D eigenvalue weighted by Gasteiger charge is 2.31. The van der Waals surface area contributed by atoms with E-state index < -0.39 is 0 Å². The van der Waals surface area contributed by atoms with E-state index in [4.69, 9.17) is 0 Å². The summed E-state index contributed by atoms with van der Waals surface area (Å²) in [5, 5.41) is 7.56. The van der Waals surface area contributed by atoms with E-state index in [0.717, 1.165) is 48.4 Å². The summed E-state index contributed by atoms with van der Waals surface area (Å²) < 4.78 is 1.81. The summed E-state index contributed by atoms with van der Waals surface area (Å²) >= 11 is 0. The maximum Gasteiger partial charge on any atom is 0.322 e. The molecule has 1 aromatic carbocycles. The first-order valence-corrected chi connectivity index (χ1v) is 10.4. The van der Waals surface area contributed by atoms with Gasteiger partial charge in [0.1, 0.15) is 0 Å². The normalized spacial score (nSPS) is 16.5. The molecule has 7 heteroatoms. The number of fused-ring (bicyclic) bond motifs is 1. The molecule has 0 aliphatic carbocycles. The van der Waals surface area contributed by atoms with Crippen molar-refractivity contribution in [3.05, 3.63) is 46.3 Å². The topological polar surface area (TPSA) is 70.5 Å². The number of piperidine rings is 1. The van der Waals surface area contributed by atoms with Crippen molar-refractivity contribution in [3.8, 4) is 0 Å². The molecule has 0 unspecified atom stereocenters. The second-order valence-electron chi connectivity index (χ2n) is 8.17. The average Bonchev–Trinajstić information content (AvgIpc) is 3.06. The van der Waals surface area contributed by atoms with Crippen molar-refractivity contribution in [1.82, 2.24) is 19.6 Å². The van der Waals surface area contributed by atoms with Gasteiger partial charge in [-0.3, -0.25) is 9.48 Å². The largest absolute Gasteiger partial charge is 0.337 e. The summed E-state index contributed by atoms with van der Waals surface area (Å²) in [6.45, 7) is 6.64. The Bertz CT molecular complexity index is 943. The third-order valence-corrected chi connectivity index (χ3v) is 6.00. The molecule has 0 saturated carbocycles. The van der Waals surface area contributed by atoms with Crippen molar-refractivity contribution in [2.24, 2.45) is 7.05 Å². The van der Waals surface area contributed by atoms with E-state index in [2.05, 4.69) is 16.5 Å². The van der Waals surface area contributed by atoms with E-state index in [1.807, 2.05) is 42.6 Å². The van der Waals surface area contributed by atoms with Gasteiger partial charge in [0.2, 0.25) is 0 Å². The van der Waals surface area contributed by atoms with Crippen molar-refractivity contribution in [3.63, 3.8) is 0 Å². The van der Waals surface area contributed by atoms with E-state index in [1.54, 1.807) is 4.90 Å². The fourth-order valence-electron chi connectivity index (χ4n) is 4.33. The fraction of sp³-hybridized carbons (Fsp3) is 0.500. The average molecular weight is 396 g/mol. The second-order valence-corrected chi connectivity index (χ2v) is 8.17. The van der Waals surface area contributed by atoms with Crippen molar-refractivity contribution in [1.29, 1.82) is 0 Å². The van der Waals surface area contributed by atoms with Crippen LogP contribution in [0.1, 0.15) is 52.1 Å². The molecule has 7 nitrogen and oxygen atoms in total. The summed E-state index contributed by atoms with van der Waals surface area (Å²) in [6.07, 6.45) is 3.97. The lowest BCUT2D eigenvalue weighted by Gasteiger charge is -2.29. The number of urea groups is 1.